The monoisotopic (exact) mass is 437 g/mol. The molecule has 0 aromatic heterocycles. The molecule has 7 heavy (non-hydrogen) atoms. The van der Waals surface area contributed by atoms with Crippen molar-refractivity contribution in [3.63, 3.8) is 0 Å². The first-order valence-electron chi connectivity index (χ1n) is 1.50. The molecule has 0 heterocycles. The van der Waals surface area contributed by atoms with E-state index < -0.39 is 0 Å². The average Bonchev–Trinajstić information content (AvgIpc) is 1.68. The Balaban J connectivity index is 3.36. The number of nitrogens with one attached hydrogen (secondary N) is 1. The van der Waals surface area contributed by atoms with Crippen LogP contribution in [0, 0.1) is 0 Å². The summed E-state index contributed by atoms with van der Waals surface area (Å²) >= 11 is 2.45. The molecule has 0 unspecified atom stereocenters. The Bertz CT molecular complexity index is 101. The number of rotatable bonds is 2. The fourth-order valence-electron chi connectivity index (χ4n) is 0.0921. The van der Waals surface area contributed by atoms with Gasteiger partial charge in [0, 0.05) is 0 Å². The molecule has 2 nitrogen and oxygen atoms in total. The molecule has 0 saturated heterocycles. The van der Waals surface area contributed by atoms with Gasteiger partial charge in [-0.2, -0.15) is 0 Å². The second-order valence-corrected chi connectivity index (χ2v) is 2.44. The van der Waals surface area contributed by atoms with Gasteiger partial charge in [-0.3, -0.25) is 0 Å². The van der Waals surface area contributed by atoms with Gasteiger partial charge in [0.2, 0.25) is 0 Å². The maximum atomic E-state index is 10.2. The van der Waals surface area contributed by atoms with Crippen molar-refractivity contribution in [2.75, 3.05) is 0 Å². The number of hydrogen-bond acceptors (Lipinski definition) is 1. The Hall–Kier alpha value is 0.587. The van der Waals surface area contributed by atoms with Crippen LogP contribution in [0.4, 0.5) is 0 Å². The van der Waals surface area contributed by atoms with Crippen molar-refractivity contribution in [1.82, 2.24) is 5.32 Å². The molecule has 0 rings (SSSR count). The van der Waals surface area contributed by atoms with Crippen LogP contribution in [0.5, 0.6) is 0 Å². The molecular weight excluding hydrogens is 434 g/mol. The number of amides is 1. The van der Waals surface area contributed by atoms with Crippen molar-refractivity contribution in [3.05, 3.63) is 0 Å². The Morgan fingerprint density at radius 3 is 2.29 bits per heavy atom. The van der Waals surface area contributed by atoms with Gasteiger partial charge in [-0.15, -0.1) is 0 Å². The summed E-state index contributed by atoms with van der Waals surface area (Å²) in [4.78, 5) is 10.2. The van der Waals surface area contributed by atoms with Crippen LogP contribution >= 0.6 is 0 Å². The van der Waals surface area contributed by atoms with Crippen LogP contribution in [-0.4, -0.2) is 14.8 Å². The normalized spacial score (nSPS) is 6.86. The summed E-state index contributed by atoms with van der Waals surface area (Å²) in [5, 5.41) is 2.53. The summed E-state index contributed by atoms with van der Waals surface area (Å²) in [5.74, 6) is 0.00463. The molecule has 0 bridgehead atoms. The summed E-state index contributed by atoms with van der Waals surface area (Å²) in [6.07, 6.45) is 0. The predicted molar refractivity (Wildman–Crippen MR) is 20.3 cm³/mol. The van der Waals surface area contributed by atoms with E-state index >= 15 is 0 Å². The Kier molecular flexibility index (Phi) is 5.14. The first-order chi connectivity index (χ1) is 3.31. The van der Waals surface area contributed by atoms with Crippen molar-refractivity contribution in [2.24, 2.45) is 0 Å². The van der Waals surface area contributed by atoms with E-state index in [0.29, 0.717) is 0 Å². The van der Waals surface area contributed by atoms with E-state index in [1.54, 1.807) is 8.93 Å². The zero-order chi connectivity index (χ0) is 5.70. The SMILES string of the molecule is O=C([CH]=[W])N[CH]=[W]. The molecule has 0 spiro atoms. The van der Waals surface area contributed by atoms with Crippen molar-refractivity contribution < 1.29 is 43.5 Å². The summed E-state index contributed by atoms with van der Waals surface area (Å²) in [5.41, 5.74) is 0. The molecule has 0 atom stereocenters. The van der Waals surface area contributed by atoms with Gasteiger partial charge in [0.15, 0.2) is 0 Å². The summed E-state index contributed by atoms with van der Waals surface area (Å²) in [7, 11) is 0. The van der Waals surface area contributed by atoms with Crippen molar-refractivity contribution in [2.45, 2.75) is 0 Å². The van der Waals surface area contributed by atoms with Crippen molar-refractivity contribution in [1.29, 1.82) is 0 Å². The molecule has 4 heteroatoms. The number of carbonyl (C=O) groups excluding carboxylic acids is 1. The molecule has 0 aliphatic carbocycles. The Labute approximate surface area is 63.5 Å². The standard InChI is InChI=1S/C3H3NO.2W/c1-3(5)4-2;;/h1-2H,(H,4,5);;. The average molecular weight is 437 g/mol. The molecule has 1 amide bonds. The Morgan fingerprint density at radius 1 is 1.57 bits per heavy atom. The predicted octanol–water partition coefficient (Wildman–Crippen LogP) is -1.24. The third kappa shape index (κ3) is 4.44. The van der Waals surface area contributed by atoms with Crippen LogP contribution in [-0.2, 0) is 43.5 Å². The molecule has 0 fully saturated rings. The third-order valence-electron chi connectivity index (χ3n) is 0.308. The van der Waals surface area contributed by atoms with Gasteiger partial charge in [-0.1, -0.05) is 0 Å². The van der Waals surface area contributed by atoms with Gasteiger partial charge < -0.3 is 0 Å². The van der Waals surface area contributed by atoms with E-state index in [1.807, 2.05) is 0 Å². The molecule has 38 valence electrons. The zero-order valence-corrected chi connectivity index (χ0v) is 9.25. The fourth-order valence-corrected chi connectivity index (χ4v) is 0.754. The van der Waals surface area contributed by atoms with E-state index in [9.17, 15) is 4.79 Å². The number of hydrogen-bond donors (Lipinski definition) is 1. The summed E-state index contributed by atoms with van der Waals surface area (Å²) in [6.45, 7) is 0. The molecule has 0 radical (unpaired) electrons. The van der Waals surface area contributed by atoms with Crippen LogP contribution in [0.2, 0.25) is 0 Å². The molecule has 0 saturated carbocycles. The zero-order valence-electron chi connectivity index (χ0n) is 3.38. The molecule has 0 aromatic carbocycles. The van der Waals surface area contributed by atoms with Crippen molar-refractivity contribution >= 4 is 14.8 Å². The molecule has 0 aliphatic rings. The van der Waals surface area contributed by atoms with E-state index in [4.69, 9.17) is 0 Å². The molecular formula is C3H3NOW2. The van der Waals surface area contributed by atoms with Crippen LogP contribution in [0.3, 0.4) is 0 Å². The third-order valence-corrected chi connectivity index (χ3v) is 1.50. The minimum absolute atomic E-state index is 0.00463. The van der Waals surface area contributed by atoms with Gasteiger partial charge in [0.1, 0.15) is 0 Å². The van der Waals surface area contributed by atoms with Gasteiger partial charge in [-0.25, -0.2) is 0 Å². The second kappa shape index (κ2) is 4.74. The maximum absolute atomic E-state index is 10.2. The summed E-state index contributed by atoms with van der Waals surface area (Å²) in [6, 6.07) is 0. The topological polar surface area (TPSA) is 29.1 Å². The Morgan fingerprint density at radius 2 is 2.14 bits per heavy atom. The second-order valence-electron chi connectivity index (χ2n) is 0.744. The van der Waals surface area contributed by atoms with Crippen LogP contribution < -0.4 is 5.32 Å². The van der Waals surface area contributed by atoms with E-state index in [2.05, 4.69) is 5.32 Å². The first kappa shape index (κ1) is 7.59. The van der Waals surface area contributed by atoms with Crippen LogP contribution in [0.15, 0.2) is 0 Å². The van der Waals surface area contributed by atoms with E-state index in [0.717, 1.165) is 0 Å². The first-order valence-corrected chi connectivity index (χ1v) is 4.89. The molecule has 1 N–H and O–H groups in total. The van der Waals surface area contributed by atoms with E-state index in [1.165, 1.54) is 38.7 Å². The van der Waals surface area contributed by atoms with Crippen molar-refractivity contribution in [3.8, 4) is 0 Å². The van der Waals surface area contributed by atoms with Gasteiger partial charge >= 0.3 is 63.7 Å². The van der Waals surface area contributed by atoms with Crippen LogP contribution in [0.1, 0.15) is 0 Å². The fraction of sp³-hybridized carbons (Fsp3) is 0. The quantitative estimate of drug-likeness (QED) is 0.576. The van der Waals surface area contributed by atoms with Gasteiger partial charge in [-0.05, 0) is 0 Å². The van der Waals surface area contributed by atoms with Gasteiger partial charge in [0.25, 0.3) is 0 Å². The van der Waals surface area contributed by atoms with Crippen LogP contribution in [0.25, 0.3) is 0 Å². The van der Waals surface area contributed by atoms with E-state index in [-0.39, 0.29) is 5.91 Å². The molecule has 0 aromatic rings. The summed E-state index contributed by atoms with van der Waals surface area (Å²) < 4.78 is 3.27. The molecule has 0 aliphatic heterocycles. The minimum atomic E-state index is 0.00463. The van der Waals surface area contributed by atoms with Gasteiger partial charge in [0.05, 0.1) is 0 Å². The number of carbonyl (C=O) groups is 1.